The Balaban J connectivity index is 1.06. The maximum atomic E-state index is 14.4. The number of nitrogens with zero attached hydrogens (tertiary/aromatic N) is 1. The van der Waals surface area contributed by atoms with Crippen molar-refractivity contribution in [2.75, 3.05) is 13.1 Å². The van der Waals surface area contributed by atoms with E-state index in [0.717, 1.165) is 70.2 Å². The fourth-order valence-corrected chi connectivity index (χ4v) is 9.34. The lowest BCUT2D eigenvalue weighted by atomic mass is 9.61. The van der Waals surface area contributed by atoms with Crippen molar-refractivity contribution < 1.29 is 31.1 Å². The molecule has 0 aromatic heterocycles. The number of Topliss-reactive ketones (excluding diaryl/α,β-unsaturated/α-hetero) is 1. The number of likely N-dealkylation sites (tertiary alicyclic amines) is 1. The molecule has 2 aromatic rings. The van der Waals surface area contributed by atoms with Gasteiger partial charge < -0.3 is 0 Å². The molecular formula is C37H41F6NO. The second-order valence-corrected chi connectivity index (χ2v) is 14.9. The number of fused-ring (bicyclic) bond motifs is 2. The topological polar surface area (TPSA) is 20.3 Å². The molecule has 0 radical (unpaired) electrons. The monoisotopic (exact) mass is 629 g/mol. The highest BCUT2D eigenvalue weighted by atomic mass is 19.4. The molecule has 1 aliphatic heterocycles. The van der Waals surface area contributed by atoms with Gasteiger partial charge in [-0.1, -0.05) is 56.2 Å². The van der Waals surface area contributed by atoms with E-state index in [1.165, 1.54) is 11.1 Å². The van der Waals surface area contributed by atoms with Gasteiger partial charge in [0.1, 0.15) is 5.78 Å². The molecule has 4 fully saturated rings. The normalized spacial score (nSPS) is 33.4. The van der Waals surface area contributed by atoms with Gasteiger partial charge in [0.05, 0.1) is 11.1 Å². The lowest BCUT2D eigenvalue weighted by Crippen LogP contribution is -2.51. The second kappa shape index (κ2) is 11.0. The third kappa shape index (κ3) is 5.67. The molecule has 4 unspecified atom stereocenters. The number of rotatable bonds is 7. The minimum Gasteiger partial charge on any atom is -0.300 e. The first-order chi connectivity index (χ1) is 21.3. The molecule has 7 rings (SSSR count). The molecule has 1 heterocycles. The molecular weight excluding hydrogens is 588 g/mol. The van der Waals surface area contributed by atoms with Gasteiger partial charge in [0.25, 0.3) is 0 Å². The Morgan fingerprint density at radius 1 is 0.911 bits per heavy atom. The zero-order valence-corrected chi connectivity index (χ0v) is 25.7. The van der Waals surface area contributed by atoms with Gasteiger partial charge in [-0.3, -0.25) is 9.69 Å². The smallest absolute Gasteiger partial charge is 0.300 e. The molecule has 2 aromatic carbocycles. The van der Waals surface area contributed by atoms with Gasteiger partial charge in [-0.05, 0) is 111 Å². The van der Waals surface area contributed by atoms with Gasteiger partial charge in [-0.2, -0.15) is 26.3 Å². The summed E-state index contributed by atoms with van der Waals surface area (Å²) in [5.74, 6) is 0.694. The van der Waals surface area contributed by atoms with Crippen molar-refractivity contribution in [2.45, 2.75) is 94.9 Å². The standard InChI is InChI=1S/C37H41F6NO/c1-23-22-44(15-14-35(23)13-10-26-4-2-3-5-32(26)35)30-11-12-34(21-30,20-24-6-7-24)33(45)31-9-8-27(31)16-25-17-28(36(38,39)40)19-29(18-25)37(41,42)43/h2-5,10,13,17-19,23-24,27,30-31H,6-9,11-12,14-16,20-22H2,1H3/t23-,27?,30?,31?,34?,35-/m0/s1. The van der Waals surface area contributed by atoms with Crippen molar-refractivity contribution in [2.24, 2.45) is 29.1 Å². The first-order valence-corrected chi connectivity index (χ1v) is 16.6. The minimum absolute atomic E-state index is 0.0129. The Labute approximate surface area is 261 Å². The van der Waals surface area contributed by atoms with E-state index in [4.69, 9.17) is 0 Å². The van der Waals surface area contributed by atoms with Gasteiger partial charge >= 0.3 is 12.4 Å². The number of hydrogen-bond donors (Lipinski definition) is 0. The van der Waals surface area contributed by atoms with Crippen LogP contribution in [0.15, 0.2) is 48.5 Å². The number of halogens is 6. The van der Waals surface area contributed by atoms with E-state index in [1.807, 2.05) is 0 Å². The van der Waals surface area contributed by atoms with E-state index in [9.17, 15) is 31.1 Å². The lowest BCUT2D eigenvalue weighted by molar-refractivity contribution is -0.143. The van der Waals surface area contributed by atoms with Crippen molar-refractivity contribution in [3.63, 3.8) is 0 Å². The van der Waals surface area contributed by atoms with Crippen molar-refractivity contribution >= 4 is 11.9 Å². The zero-order chi connectivity index (χ0) is 31.8. The molecule has 0 amide bonds. The lowest BCUT2D eigenvalue weighted by Gasteiger charge is -2.47. The van der Waals surface area contributed by atoms with Crippen LogP contribution >= 0.6 is 0 Å². The SMILES string of the molecule is C[C@H]1CN(C2CCC(CC3CC3)(C(=O)C3CCC3Cc3cc(C(F)(F)F)cc(C(F)(F)F)c3)C2)CC[C@@]12C=Cc1ccccc12. The van der Waals surface area contributed by atoms with E-state index in [-0.39, 0.29) is 41.1 Å². The van der Waals surface area contributed by atoms with Crippen LogP contribution in [-0.4, -0.2) is 29.8 Å². The number of carbonyl (C=O) groups is 1. The Kier molecular flexibility index (Phi) is 7.57. The Morgan fingerprint density at radius 2 is 1.62 bits per heavy atom. The highest BCUT2D eigenvalue weighted by molar-refractivity contribution is 5.88. The van der Waals surface area contributed by atoms with Crippen LogP contribution in [-0.2, 0) is 29.0 Å². The predicted octanol–water partition coefficient (Wildman–Crippen LogP) is 9.51. The van der Waals surface area contributed by atoms with Crippen LogP contribution < -0.4 is 0 Å². The third-order valence-electron chi connectivity index (χ3n) is 12.1. The molecule has 1 saturated heterocycles. The number of allylic oxidation sites excluding steroid dienone is 1. The average Bonchev–Trinajstić information content (AvgIpc) is 3.55. The molecule has 5 aliphatic rings. The average molecular weight is 630 g/mol. The van der Waals surface area contributed by atoms with E-state index in [0.29, 0.717) is 30.7 Å². The highest BCUT2D eigenvalue weighted by Crippen LogP contribution is 2.56. The Morgan fingerprint density at radius 3 is 2.24 bits per heavy atom. The Bertz CT molecular complexity index is 1460. The minimum atomic E-state index is -4.87. The van der Waals surface area contributed by atoms with Gasteiger partial charge in [0.2, 0.25) is 0 Å². The quantitative estimate of drug-likeness (QED) is 0.285. The molecule has 1 spiro atoms. The largest absolute Gasteiger partial charge is 0.416 e. The van der Waals surface area contributed by atoms with Crippen molar-refractivity contribution in [3.05, 3.63) is 76.4 Å². The van der Waals surface area contributed by atoms with E-state index in [2.05, 4.69) is 48.2 Å². The number of carbonyl (C=O) groups excluding carboxylic acids is 1. The van der Waals surface area contributed by atoms with Crippen molar-refractivity contribution in [1.82, 2.24) is 4.90 Å². The van der Waals surface area contributed by atoms with E-state index >= 15 is 0 Å². The predicted molar refractivity (Wildman–Crippen MR) is 161 cm³/mol. The summed E-state index contributed by atoms with van der Waals surface area (Å²) in [6.45, 7) is 4.29. The summed E-state index contributed by atoms with van der Waals surface area (Å²) in [7, 11) is 0. The number of piperidine rings is 1. The molecule has 8 heteroatoms. The van der Waals surface area contributed by atoms with Crippen LogP contribution in [0.1, 0.15) is 92.5 Å². The van der Waals surface area contributed by atoms with Crippen molar-refractivity contribution in [1.29, 1.82) is 0 Å². The molecule has 2 nitrogen and oxygen atoms in total. The molecule has 4 aliphatic carbocycles. The number of hydrogen-bond acceptors (Lipinski definition) is 2. The fraction of sp³-hybridized carbons (Fsp3) is 0.595. The molecule has 6 atom stereocenters. The summed E-state index contributed by atoms with van der Waals surface area (Å²) in [5, 5.41) is 0. The summed E-state index contributed by atoms with van der Waals surface area (Å²) >= 11 is 0. The molecule has 45 heavy (non-hydrogen) atoms. The maximum Gasteiger partial charge on any atom is 0.416 e. The van der Waals surface area contributed by atoms with Crippen LogP contribution in [0.3, 0.4) is 0 Å². The van der Waals surface area contributed by atoms with E-state index < -0.39 is 28.9 Å². The summed E-state index contributed by atoms with van der Waals surface area (Å²) < 4.78 is 81.0. The number of benzene rings is 2. The van der Waals surface area contributed by atoms with Gasteiger partial charge in [-0.25, -0.2) is 0 Å². The second-order valence-electron chi connectivity index (χ2n) is 14.9. The van der Waals surface area contributed by atoms with Gasteiger partial charge in [-0.15, -0.1) is 0 Å². The van der Waals surface area contributed by atoms with Gasteiger partial charge in [0, 0.05) is 29.3 Å². The summed E-state index contributed by atoms with van der Waals surface area (Å²) in [6, 6.07) is 10.8. The van der Waals surface area contributed by atoms with Crippen LogP contribution in [0.25, 0.3) is 6.08 Å². The van der Waals surface area contributed by atoms with Crippen molar-refractivity contribution in [3.8, 4) is 0 Å². The summed E-state index contributed by atoms with van der Waals surface area (Å²) in [5.41, 5.74) is -0.207. The van der Waals surface area contributed by atoms with Crippen LogP contribution in [0, 0.1) is 29.1 Å². The van der Waals surface area contributed by atoms with Crippen LogP contribution in [0.2, 0.25) is 0 Å². The fourth-order valence-electron chi connectivity index (χ4n) is 9.34. The molecule has 0 N–H and O–H groups in total. The maximum absolute atomic E-state index is 14.4. The molecule has 0 bridgehead atoms. The third-order valence-corrected chi connectivity index (χ3v) is 12.1. The Hall–Kier alpha value is -2.61. The zero-order valence-electron chi connectivity index (χ0n) is 25.7. The first kappa shape index (κ1) is 31.0. The highest BCUT2D eigenvalue weighted by Gasteiger charge is 2.54. The summed E-state index contributed by atoms with van der Waals surface area (Å²) in [4.78, 5) is 17.0. The summed E-state index contributed by atoms with van der Waals surface area (Å²) in [6.07, 6.45) is 3.08. The number of ketones is 1. The van der Waals surface area contributed by atoms with Crippen LogP contribution in [0.4, 0.5) is 26.3 Å². The molecule has 3 saturated carbocycles. The first-order valence-electron chi connectivity index (χ1n) is 16.6. The number of alkyl halides is 6. The van der Waals surface area contributed by atoms with Gasteiger partial charge in [0.15, 0.2) is 0 Å². The van der Waals surface area contributed by atoms with Crippen LogP contribution in [0.5, 0.6) is 0 Å². The molecule has 242 valence electrons. The van der Waals surface area contributed by atoms with E-state index in [1.54, 1.807) is 0 Å².